The number of aromatic nitrogens is 1. The Hall–Kier alpha value is -0.990. The van der Waals surface area contributed by atoms with Gasteiger partial charge in [0.2, 0.25) is 15.9 Å². The van der Waals surface area contributed by atoms with E-state index in [0.717, 1.165) is 23.5 Å². The van der Waals surface area contributed by atoms with E-state index in [0.29, 0.717) is 26.1 Å². The van der Waals surface area contributed by atoms with Gasteiger partial charge in [0.25, 0.3) is 0 Å². The van der Waals surface area contributed by atoms with Crippen LogP contribution in [0.3, 0.4) is 0 Å². The van der Waals surface area contributed by atoms with E-state index in [1.54, 1.807) is 15.6 Å². The first-order chi connectivity index (χ1) is 10.4. The number of carbonyl (C=O) groups excluding carboxylic acids is 1. The molecule has 0 aromatic carbocycles. The highest BCUT2D eigenvalue weighted by Gasteiger charge is 2.30. The van der Waals surface area contributed by atoms with E-state index in [4.69, 9.17) is 0 Å². The van der Waals surface area contributed by atoms with Crippen LogP contribution in [0.15, 0.2) is 5.38 Å². The Kier molecular flexibility index (Phi) is 7.63. The van der Waals surface area contributed by atoms with Gasteiger partial charge in [-0.3, -0.25) is 4.79 Å². The summed E-state index contributed by atoms with van der Waals surface area (Å²) in [4.78, 5) is 15.5. The second-order valence-corrected chi connectivity index (χ2v) is 8.58. The fraction of sp³-hybridized carbons (Fsp3) is 0.733. The van der Waals surface area contributed by atoms with Gasteiger partial charge < -0.3 is 5.32 Å². The highest BCUT2D eigenvalue weighted by atomic mass is 32.2. The van der Waals surface area contributed by atoms with Gasteiger partial charge in [-0.15, -0.1) is 11.3 Å². The van der Waals surface area contributed by atoms with Crippen LogP contribution in [-0.2, 0) is 21.4 Å². The summed E-state index contributed by atoms with van der Waals surface area (Å²) in [6.07, 6.45) is 2.47. The second kappa shape index (κ2) is 8.75. The van der Waals surface area contributed by atoms with Crippen LogP contribution in [0.2, 0.25) is 0 Å². The maximum Gasteiger partial charge on any atom is 0.217 e. The van der Waals surface area contributed by atoms with Crippen molar-refractivity contribution in [1.29, 1.82) is 0 Å². The molecule has 1 aromatic rings. The molecule has 8 heteroatoms. The van der Waals surface area contributed by atoms with Crippen molar-refractivity contribution < 1.29 is 13.2 Å². The average Bonchev–Trinajstić information content (AvgIpc) is 2.94. The normalized spacial score (nSPS) is 19.1. The number of nitrogens with zero attached hydrogens (tertiary/aromatic N) is 2. The van der Waals surface area contributed by atoms with Crippen LogP contribution in [-0.4, -0.2) is 42.5 Å². The van der Waals surface area contributed by atoms with Crippen LogP contribution >= 0.6 is 11.3 Å². The zero-order valence-electron chi connectivity index (χ0n) is 13.0. The summed E-state index contributed by atoms with van der Waals surface area (Å²) < 4.78 is 26.0. The third kappa shape index (κ3) is 5.54. The molecule has 1 unspecified atom stereocenters. The third-order valence-corrected chi connectivity index (χ3v) is 6.78. The predicted molar refractivity (Wildman–Crippen MR) is 94.0 cm³/mol. The van der Waals surface area contributed by atoms with E-state index in [1.807, 2.05) is 12.3 Å². The molecule has 0 aliphatic carbocycles. The van der Waals surface area contributed by atoms with Crippen LogP contribution in [0.1, 0.15) is 57.2 Å². The topological polar surface area (TPSA) is 79.4 Å². The van der Waals surface area contributed by atoms with Crippen molar-refractivity contribution in [1.82, 2.24) is 14.6 Å². The molecule has 6 nitrogen and oxygen atoms in total. The van der Waals surface area contributed by atoms with E-state index in [1.165, 1.54) is 6.92 Å². The van der Waals surface area contributed by atoms with Crippen LogP contribution in [0, 0.1) is 0 Å². The van der Waals surface area contributed by atoms with Gasteiger partial charge in [-0.2, -0.15) is 0 Å². The van der Waals surface area contributed by atoms with Gasteiger partial charge in [0.1, 0.15) is 0 Å². The molecule has 0 bridgehead atoms. The number of rotatable bonds is 6. The monoisotopic (exact) mass is 361 g/mol. The average molecular weight is 362 g/mol. The van der Waals surface area contributed by atoms with Crippen molar-refractivity contribution in [3.8, 4) is 0 Å². The minimum absolute atomic E-state index is 0. The lowest BCUT2D eigenvalue weighted by Crippen LogP contribution is -2.40. The molecule has 2 rings (SSSR count). The Balaban J connectivity index is 0.00000264. The Bertz CT molecular complexity index is 613. The molecular weight excluding hydrogens is 334 g/mol. The van der Waals surface area contributed by atoms with Crippen molar-refractivity contribution in [3.63, 3.8) is 0 Å². The molecule has 1 fully saturated rings. The Morgan fingerprint density at radius 2 is 2.26 bits per heavy atom. The highest BCUT2D eigenvalue weighted by molar-refractivity contribution is 7.89. The first kappa shape index (κ1) is 20.1. The summed E-state index contributed by atoms with van der Waals surface area (Å²) in [6.45, 7) is 4.92. The van der Waals surface area contributed by atoms with Gasteiger partial charge >= 0.3 is 0 Å². The molecule has 1 N–H and O–H groups in total. The van der Waals surface area contributed by atoms with Gasteiger partial charge in [-0.05, 0) is 19.3 Å². The number of amides is 1. The van der Waals surface area contributed by atoms with E-state index in [2.05, 4.69) is 10.3 Å². The zero-order valence-corrected chi connectivity index (χ0v) is 14.7. The largest absolute Gasteiger partial charge is 0.351 e. The molecule has 0 spiro atoms. The number of hydrogen-bond acceptors (Lipinski definition) is 5. The van der Waals surface area contributed by atoms with Gasteiger partial charge in [0.05, 0.1) is 23.0 Å². The van der Waals surface area contributed by atoms with E-state index >= 15 is 0 Å². The van der Waals surface area contributed by atoms with Gasteiger partial charge in [-0.25, -0.2) is 17.7 Å². The quantitative estimate of drug-likeness (QED) is 0.843. The van der Waals surface area contributed by atoms with Crippen molar-refractivity contribution in [2.75, 3.05) is 18.8 Å². The Morgan fingerprint density at radius 3 is 2.91 bits per heavy atom. The lowest BCUT2D eigenvalue weighted by atomic mass is 10.0. The standard InChI is InChI=1S/C14H23N3O3S2.CH4/c1-3-7-22(19,20)17-6-4-5-12(9-17)14-16-13(10-21-14)8-15-11(2)18;/h10,12H,3-9H2,1-2H3,(H,15,18);1H4. The minimum Gasteiger partial charge on any atom is -0.351 e. The molecule has 0 saturated carbocycles. The summed E-state index contributed by atoms with van der Waals surface area (Å²) in [5.41, 5.74) is 0.837. The molecule has 1 amide bonds. The Morgan fingerprint density at radius 1 is 1.52 bits per heavy atom. The van der Waals surface area contributed by atoms with Gasteiger partial charge in [-0.1, -0.05) is 14.4 Å². The van der Waals surface area contributed by atoms with Gasteiger partial charge in [0, 0.05) is 31.3 Å². The third-order valence-electron chi connectivity index (χ3n) is 3.68. The number of carbonyl (C=O) groups is 1. The molecule has 2 heterocycles. The van der Waals surface area contributed by atoms with E-state index in [9.17, 15) is 13.2 Å². The number of nitrogens with one attached hydrogen (secondary N) is 1. The molecule has 1 aliphatic rings. The summed E-state index contributed by atoms with van der Waals surface area (Å²) in [7, 11) is -3.14. The van der Waals surface area contributed by atoms with Crippen molar-refractivity contribution in [2.24, 2.45) is 0 Å². The fourth-order valence-corrected chi connectivity index (χ4v) is 5.13. The van der Waals surface area contributed by atoms with Crippen molar-refractivity contribution in [2.45, 2.75) is 53.0 Å². The zero-order chi connectivity index (χ0) is 16.2. The molecular formula is C15H27N3O3S2. The van der Waals surface area contributed by atoms with Crippen LogP contribution < -0.4 is 5.32 Å². The van der Waals surface area contributed by atoms with Gasteiger partial charge in [0.15, 0.2) is 0 Å². The second-order valence-electron chi connectivity index (χ2n) is 5.60. The minimum atomic E-state index is -3.14. The molecule has 0 radical (unpaired) electrons. The number of thiazole rings is 1. The summed E-state index contributed by atoms with van der Waals surface area (Å²) in [6, 6.07) is 0. The summed E-state index contributed by atoms with van der Waals surface area (Å²) >= 11 is 1.55. The number of piperidine rings is 1. The van der Waals surface area contributed by atoms with Crippen molar-refractivity contribution in [3.05, 3.63) is 16.1 Å². The molecule has 1 saturated heterocycles. The summed E-state index contributed by atoms with van der Waals surface area (Å²) in [5, 5.41) is 5.63. The highest BCUT2D eigenvalue weighted by Crippen LogP contribution is 2.30. The van der Waals surface area contributed by atoms with Crippen molar-refractivity contribution >= 4 is 27.3 Å². The number of hydrogen-bond donors (Lipinski definition) is 1. The SMILES string of the molecule is C.CCCS(=O)(=O)N1CCCC(c2nc(CNC(C)=O)cs2)C1. The Labute approximate surface area is 143 Å². The van der Waals surface area contributed by atoms with Crippen LogP contribution in [0.25, 0.3) is 0 Å². The maximum absolute atomic E-state index is 12.2. The molecule has 23 heavy (non-hydrogen) atoms. The molecule has 1 aliphatic heterocycles. The van der Waals surface area contributed by atoms with E-state index in [-0.39, 0.29) is 25.0 Å². The van der Waals surface area contributed by atoms with Crippen LogP contribution in [0.4, 0.5) is 0 Å². The predicted octanol–water partition coefficient (Wildman–Crippen LogP) is 2.33. The number of sulfonamides is 1. The van der Waals surface area contributed by atoms with E-state index < -0.39 is 10.0 Å². The molecule has 1 atom stereocenters. The maximum atomic E-state index is 12.2. The first-order valence-electron chi connectivity index (χ1n) is 7.59. The lowest BCUT2D eigenvalue weighted by Gasteiger charge is -2.30. The smallest absolute Gasteiger partial charge is 0.217 e. The molecule has 1 aromatic heterocycles. The molecule has 132 valence electrons. The summed E-state index contributed by atoms with van der Waals surface area (Å²) in [5.74, 6) is 0.297. The van der Waals surface area contributed by atoms with Crippen LogP contribution in [0.5, 0.6) is 0 Å². The fourth-order valence-electron chi connectivity index (χ4n) is 2.59. The first-order valence-corrected chi connectivity index (χ1v) is 10.1. The lowest BCUT2D eigenvalue weighted by molar-refractivity contribution is -0.119.